The minimum Gasteiger partial charge on any atom is -0.467 e. The van der Waals surface area contributed by atoms with E-state index in [0.717, 1.165) is 12.7 Å². The third-order valence-corrected chi connectivity index (χ3v) is 3.73. The summed E-state index contributed by atoms with van der Waals surface area (Å²) in [6.45, 7) is 4.84. The second kappa shape index (κ2) is 12.5. The van der Waals surface area contributed by atoms with Gasteiger partial charge < -0.3 is 30.0 Å². The maximum atomic E-state index is 12.1. The average molecular weight is 438 g/mol. The Labute approximate surface area is 181 Å². The van der Waals surface area contributed by atoms with Crippen molar-refractivity contribution < 1.29 is 38.5 Å². The molecule has 0 aliphatic rings. The van der Waals surface area contributed by atoms with Gasteiger partial charge in [-0.2, -0.15) is 0 Å². The molecule has 2 amide bonds. The van der Waals surface area contributed by atoms with Crippen molar-refractivity contribution in [3.8, 4) is 0 Å². The first-order chi connectivity index (χ1) is 14.5. The summed E-state index contributed by atoms with van der Waals surface area (Å²) < 4.78 is 14.7. The highest BCUT2D eigenvalue weighted by Crippen LogP contribution is 2.10. The molecule has 172 valence electrons. The van der Waals surface area contributed by atoms with Gasteiger partial charge in [-0.1, -0.05) is 30.3 Å². The number of alkyl carbamates (subject to hydrolysis) is 1. The topological polar surface area (TPSA) is 140 Å². The predicted octanol–water partition coefficient (Wildman–Crippen LogP) is 1.05. The number of methoxy groups -OCH3 is 1. The Kier molecular flexibility index (Phi) is 10.5. The zero-order valence-corrected chi connectivity index (χ0v) is 18.2. The van der Waals surface area contributed by atoms with Gasteiger partial charge in [-0.05, 0) is 26.3 Å². The number of benzene rings is 1. The van der Waals surface area contributed by atoms with Gasteiger partial charge in [0.1, 0.15) is 18.2 Å². The number of esters is 2. The summed E-state index contributed by atoms with van der Waals surface area (Å²) in [6, 6.07) is 7.78. The number of hydrogen-bond acceptors (Lipinski definition) is 8. The van der Waals surface area contributed by atoms with Crippen molar-refractivity contribution >= 4 is 23.9 Å². The van der Waals surface area contributed by atoms with E-state index in [1.807, 2.05) is 18.2 Å². The van der Waals surface area contributed by atoms with Crippen molar-refractivity contribution in [2.45, 2.75) is 58.0 Å². The molecular formula is C21H30N2O8. The molecule has 0 radical (unpaired) electrons. The van der Waals surface area contributed by atoms with Crippen LogP contribution >= 0.6 is 0 Å². The molecule has 0 aliphatic heterocycles. The Morgan fingerprint density at radius 1 is 1.06 bits per heavy atom. The molecule has 1 rings (SSSR count). The molecular weight excluding hydrogens is 408 g/mol. The van der Waals surface area contributed by atoms with Gasteiger partial charge in [0, 0.05) is 6.54 Å². The van der Waals surface area contributed by atoms with Gasteiger partial charge >= 0.3 is 18.0 Å². The smallest absolute Gasteiger partial charge is 0.407 e. The lowest BCUT2D eigenvalue weighted by molar-refractivity contribution is -0.159. The maximum Gasteiger partial charge on any atom is 0.407 e. The van der Waals surface area contributed by atoms with Gasteiger partial charge in [0.25, 0.3) is 0 Å². The van der Waals surface area contributed by atoms with Gasteiger partial charge in [-0.25, -0.2) is 9.59 Å². The van der Waals surface area contributed by atoms with Crippen molar-refractivity contribution in [3.63, 3.8) is 0 Å². The number of carbonyl (C=O) groups excluding carboxylic acids is 4. The molecule has 0 spiro atoms. The average Bonchev–Trinajstić information content (AvgIpc) is 2.68. The van der Waals surface area contributed by atoms with Crippen LogP contribution in [-0.4, -0.2) is 60.4 Å². The largest absolute Gasteiger partial charge is 0.467 e. The van der Waals surface area contributed by atoms with Crippen LogP contribution in [0.3, 0.4) is 0 Å². The number of ether oxygens (including phenoxy) is 3. The van der Waals surface area contributed by atoms with Crippen LogP contribution in [0, 0.1) is 0 Å². The first-order valence-corrected chi connectivity index (χ1v) is 9.72. The fourth-order valence-corrected chi connectivity index (χ4v) is 2.40. The van der Waals surface area contributed by atoms with Gasteiger partial charge in [-0.15, -0.1) is 0 Å². The fraction of sp³-hybridized carbons (Fsp3) is 0.524. The van der Waals surface area contributed by atoms with E-state index in [1.165, 1.54) is 0 Å². The second-order valence-corrected chi connectivity index (χ2v) is 7.73. The molecule has 0 saturated carbocycles. The van der Waals surface area contributed by atoms with E-state index in [4.69, 9.17) is 9.47 Å². The van der Waals surface area contributed by atoms with Crippen LogP contribution in [0.25, 0.3) is 0 Å². The lowest BCUT2D eigenvalue weighted by Gasteiger charge is -2.22. The SMILES string of the molecule is COC(=O)[C@H](CC(=O)OC(C)(C)C)NC(=O)C[C@H](O)CNC(=O)OCc1ccccc1. The second-order valence-electron chi connectivity index (χ2n) is 7.73. The molecule has 1 aromatic rings. The monoisotopic (exact) mass is 438 g/mol. The van der Waals surface area contributed by atoms with Crippen LogP contribution in [0.15, 0.2) is 30.3 Å². The molecule has 1 aromatic carbocycles. The summed E-state index contributed by atoms with van der Waals surface area (Å²) in [7, 11) is 1.12. The van der Waals surface area contributed by atoms with Crippen LogP contribution < -0.4 is 10.6 Å². The summed E-state index contributed by atoms with van der Waals surface area (Å²) >= 11 is 0. The molecule has 10 heteroatoms. The molecule has 0 saturated heterocycles. The number of rotatable bonds is 10. The number of nitrogens with one attached hydrogen (secondary N) is 2. The standard InChI is InChI=1S/C21H30N2O8/c1-21(2,3)31-18(26)11-16(19(27)29-4)23-17(25)10-15(24)12-22-20(28)30-13-14-8-6-5-7-9-14/h5-9,15-16,24H,10-13H2,1-4H3,(H,22,28)(H,23,25)/t15-,16-/m0/s1. The van der Waals surface area contributed by atoms with Gasteiger partial charge in [0.2, 0.25) is 5.91 Å². The molecule has 0 heterocycles. The Morgan fingerprint density at radius 3 is 2.29 bits per heavy atom. The van der Waals surface area contributed by atoms with Crippen LogP contribution in [0.1, 0.15) is 39.2 Å². The number of amides is 2. The summed E-state index contributed by atoms with van der Waals surface area (Å²) in [4.78, 5) is 47.6. The van der Waals surface area contributed by atoms with E-state index in [9.17, 15) is 24.3 Å². The van der Waals surface area contributed by atoms with Gasteiger partial charge in [0.05, 0.1) is 26.1 Å². The van der Waals surface area contributed by atoms with Crippen LogP contribution in [0.2, 0.25) is 0 Å². The Morgan fingerprint density at radius 2 is 1.71 bits per heavy atom. The minimum absolute atomic E-state index is 0.0642. The van der Waals surface area contributed by atoms with E-state index >= 15 is 0 Å². The van der Waals surface area contributed by atoms with E-state index in [2.05, 4.69) is 15.4 Å². The third-order valence-electron chi connectivity index (χ3n) is 3.73. The van der Waals surface area contributed by atoms with Gasteiger partial charge in [0.15, 0.2) is 0 Å². The molecule has 31 heavy (non-hydrogen) atoms. The predicted molar refractivity (Wildman–Crippen MR) is 110 cm³/mol. The fourth-order valence-electron chi connectivity index (χ4n) is 2.40. The molecule has 0 fully saturated rings. The highest BCUT2D eigenvalue weighted by molar-refractivity contribution is 5.88. The Hall–Kier alpha value is -3.14. The first-order valence-electron chi connectivity index (χ1n) is 9.72. The molecule has 0 bridgehead atoms. The maximum absolute atomic E-state index is 12.1. The minimum atomic E-state index is -1.26. The van der Waals surface area contributed by atoms with Crippen molar-refractivity contribution in [1.29, 1.82) is 0 Å². The molecule has 10 nitrogen and oxygen atoms in total. The number of hydrogen-bond donors (Lipinski definition) is 3. The summed E-state index contributed by atoms with van der Waals surface area (Å²) in [6.07, 6.45) is -2.82. The van der Waals surface area contributed by atoms with Crippen LogP contribution in [0.5, 0.6) is 0 Å². The zero-order valence-electron chi connectivity index (χ0n) is 18.2. The van der Waals surface area contributed by atoms with E-state index in [0.29, 0.717) is 0 Å². The lowest BCUT2D eigenvalue weighted by Crippen LogP contribution is -2.45. The van der Waals surface area contributed by atoms with Crippen LogP contribution in [-0.2, 0) is 35.2 Å². The number of carbonyl (C=O) groups is 4. The summed E-state index contributed by atoms with van der Waals surface area (Å²) in [5, 5.41) is 14.6. The first kappa shape index (κ1) is 25.9. The van der Waals surface area contributed by atoms with Crippen molar-refractivity contribution in [2.24, 2.45) is 0 Å². The van der Waals surface area contributed by atoms with E-state index in [-0.39, 0.29) is 13.2 Å². The molecule has 3 N–H and O–H groups in total. The third kappa shape index (κ3) is 11.6. The summed E-state index contributed by atoms with van der Waals surface area (Å²) in [5.74, 6) is -2.21. The van der Waals surface area contributed by atoms with Crippen molar-refractivity contribution in [3.05, 3.63) is 35.9 Å². The Balaban J connectivity index is 2.43. The molecule has 0 aliphatic carbocycles. The number of aliphatic hydroxyl groups excluding tert-OH is 1. The number of aliphatic hydroxyl groups is 1. The summed E-state index contributed by atoms with van der Waals surface area (Å²) in [5.41, 5.74) is 0.0510. The highest BCUT2D eigenvalue weighted by atomic mass is 16.6. The van der Waals surface area contributed by atoms with E-state index < -0.39 is 54.5 Å². The normalized spacial score (nSPS) is 12.8. The van der Waals surface area contributed by atoms with E-state index in [1.54, 1.807) is 32.9 Å². The Bertz CT molecular complexity index is 745. The molecule has 0 unspecified atom stereocenters. The van der Waals surface area contributed by atoms with Crippen molar-refractivity contribution in [1.82, 2.24) is 10.6 Å². The quantitative estimate of drug-likeness (QED) is 0.364. The lowest BCUT2D eigenvalue weighted by atomic mass is 10.1. The molecule has 2 atom stereocenters. The highest BCUT2D eigenvalue weighted by Gasteiger charge is 2.28. The molecule has 0 aromatic heterocycles. The van der Waals surface area contributed by atoms with Crippen molar-refractivity contribution in [2.75, 3.05) is 13.7 Å². The zero-order chi connectivity index (χ0) is 23.4. The van der Waals surface area contributed by atoms with Gasteiger partial charge in [-0.3, -0.25) is 9.59 Å². The van der Waals surface area contributed by atoms with Crippen LogP contribution in [0.4, 0.5) is 4.79 Å².